The number of furan rings is 1. The molecule has 0 unspecified atom stereocenters. The van der Waals surface area contributed by atoms with E-state index in [1.807, 2.05) is 12.1 Å². The van der Waals surface area contributed by atoms with E-state index in [1.54, 1.807) is 0 Å². The third-order valence-electron chi connectivity index (χ3n) is 2.20. The van der Waals surface area contributed by atoms with Crippen molar-refractivity contribution in [3.05, 3.63) is 23.7 Å². The molecule has 66 valence electrons. The molecular weight excluding hydrogens is 154 g/mol. The number of hydrogen-bond donors (Lipinski definition) is 1. The molecule has 0 atom stereocenters. The van der Waals surface area contributed by atoms with Crippen molar-refractivity contribution in [2.24, 2.45) is 0 Å². The minimum absolute atomic E-state index is 0. The van der Waals surface area contributed by atoms with E-state index >= 15 is 0 Å². The molecule has 1 N–H and O–H groups in total. The SMILES string of the molecule is OCc1ccc(CN2CCC2)o1. The number of aliphatic hydroxyl groups is 1. The summed E-state index contributed by atoms with van der Waals surface area (Å²) in [6, 6.07) is 3.76. The van der Waals surface area contributed by atoms with E-state index in [0.717, 1.165) is 12.3 Å². The summed E-state index contributed by atoms with van der Waals surface area (Å²) in [5, 5.41) is 8.75. The molecule has 1 saturated heterocycles. The Labute approximate surface area is 71.6 Å². The third kappa shape index (κ3) is 1.52. The average molecular weight is 167 g/mol. The zero-order valence-electron chi connectivity index (χ0n) is 6.99. The van der Waals surface area contributed by atoms with Crippen molar-refractivity contribution in [1.82, 2.24) is 4.90 Å². The molecule has 1 aromatic heterocycles. The molecule has 0 spiro atoms. The minimum Gasteiger partial charge on any atom is -0.462 e. The maximum absolute atomic E-state index is 8.75. The Balaban J connectivity index is 1.93. The maximum Gasteiger partial charge on any atom is 0.129 e. The molecule has 2 heterocycles. The Morgan fingerprint density at radius 3 is 2.58 bits per heavy atom. The molecule has 1 fully saturated rings. The molecule has 0 saturated carbocycles. The molecular formula is C9H13NO2. The van der Waals surface area contributed by atoms with E-state index in [2.05, 4.69) is 4.90 Å². The second-order valence-corrected chi connectivity index (χ2v) is 3.16. The number of nitrogens with zero attached hydrogens (tertiary/aromatic N) is 1. The first-order chi connectivity index (χ1) is 5.88. The van der Waals surface area contributed by atoms with Crippen LogP contribution in [0, 0.1) is 0 Å². The van der Waals surface area contributed by atoms with E-state index in [-0.39, 0.29) is 6.61 Å². The molecule has 1 aromatic rings. The van der Waals surface area contributed by atoms with Gasteiger partial charge in [0.1, 0.15) is 18.1 Å². The summed E-state index contributed by atoms with van der Waals surface area (Å²) >= 11 is 0. The second kappa shape index (κ2) is 3.29. The Hall–Kier alpha value is -0.800. The van der Waals surface area contributed by atoms with E-state index in [0.29, 0.717) is 5.76 Å². The van der Waals surface area contributed by atoms with Gasteiger partial charge in [0.15, 0.2) is 0 Å². The molecule has 1 aliphatic heterocycles. The highest BCUT2D eigenvalue weighted by molar-refractivity contribution is 5.06. The largest absolute Gasteiger partial charge is 0.462 e. The van der Waals surface area contributed by atoms with Crippen molar-refractivity contribution in [2.75, 3.05) is 13.1 Å². The van der Waals surface area contributed by atoms with Crippen molar-refractivity contribution in [3.63, 3.8) is 0 Å². The van der Waals surface area contributed by atoms with Crippen LogP contribution in [0.2, 0.25) is 0 Å². The predicted octanol–water partition coefficient (Wildman–Crippen LogP) is 0.978. The summed E-state index contributed by atoms with van der Waals surface area (Å²) in [6.07, 6.45) is 1.30. The first kappa shape index (κ1) is 7.83. The molecule has 0 aromatic carbocycles. The number of aliphatic hydroxyl groups excluding tert-OH is 1. The van der Waals surface area contributed by atoms with Crippen LogP contribution in [-0.2, 0) is 13.2 Å². The Morgan fingerprint density at radius 1 is 1.33 bits per heavy atom. The highest BCUT2D eigenvalue weighted by atomic mass is 16.4. The number of hydrogen-bond acceptors (Lipinski definition) is 3. The fourth-order valence-corrected chi connectivity index (χ4v) is 1.35. The Kier molecular flexibility index (Phi) is 2.15. The van der Waals surface area contributed by atoms with Gasteiger partial charge in [0.2, 0.25) is 0 Å². The lowest BCUT2D eigenvalue weighted by Gasteiger charge is -2.29. The van der Waals surface area contributed by atoms with Gasteiger partial charge in [-0.1, -0.05) is 0 Å². The predicted molar refractivity (Wildman–Crippen MR) is 44.5 cm³/mol. The summed E-state index contributed by atoms with van der Waals surface area (Å²) < 4.78 is 5.35. The highest BCUT2D eigenvalue weighted by Gasteiger charge is 2.15. The molecule has 3 nitrogen and oxygen atoms in total. The van der Waals surface area contributed by atoms with Gasteiger partial charge in [-0.3, -0.25) is 4.90 Å². The van der Waals surface area contributed by atoms with E-state index in [9.17, 15) is 0 Å². The van der Waals surface area contributed by atoms with Crippen molar-refractivity contribution in [3.8, 4) is 0 Å². The van der Waals surface area contributed by atoms with E-state index in [4.69, 9.17) is 9.52 Å². The van der Waals surface area contributed by atoms with Crippen LogP contribution in [0.3, 0.4) is 0 Å². The molecule has 3 heteroatoms. The fraction of sp³-hybridized carbons (Fsp3) is 0.556. The lowest BCUT2D eigenvalue weighted by Crippen LogP contribution is -2.36. The molecule has 1 aliphatic rings. The second-order valence-electron chi connectivity index (χ2n) is 3.16. The fourth-order valence-electron chi connectivity index (χ4n) is 1.35. The molecule has 2 rings (SSSR count). The van der Waals surface area contributed by atoms with Gasteiger partial charge in [-0.25, -0.2) is 0 Å². The first-order valence-corrected chi connectivity index (χ1v) is 4.29. The van der Waals surface area contributed by atoms with Gasteiger partial charge in [-0.15, -0.1) is 0 Å². The first-order valence-electron chi connectivity index (χ1n) is 4.29. The lowest BCUT2D eigenvalue weighted by molar-refractivity contribution is 0.155. The quantitative estimate of drug-likeness (QED) is 0.729. The van der Waals surface area contributed by atoms with Gasteiger partial charge in [-0.2, -0.15) is 0 Å². The zero-order chi connectivity index (χ0) is 8.39. The molecule has 0 aliphatic carbocycles. The maximum atomic E-state index is 8.75. The monoisotopic (exact) mass is 167 g/mol. The van der Waals surface area contributed by atoms with Gasteiger partial charge < -0.3 is 9.52 Å². The number of likely N-dealkylation sites (tertiary alicyclic amines) is 1. The van der Waals surface area contributed by atoms with Gasteiger partial charge in [0.25, 0.3) is 0 Å². The van der Waals surface area contributed by atoms with Crippen LogP contribution in [-0.4, -0.2) is 23.1 Å². The standard InChI is InChI=1S/C9H13NO2/c11-7-9-3-2-8(12-9)6-10-4-1-5-10/h2-3,11H,1,4-7H2. The molecule has 0 bridgehead atoms. The third-order valence-corrected chi connectivity index (χ3v) is 2.20. The van der Waals surface area contributed by atoms with Gasteiger partial charge >= 0.3 is 0 Å². The van der Waals surface area contributed by atoms with Gasteiger partial charge in [-0.05, 0) is 31.6 Å². The van der Waals surface area contributed by atoms with Crippen LogP contribution < -0.4 is 0 Å². The van der Waals surface area contributed by atoms with Crippen LogP contribution in [0.4, 0.5) is 0 Å². The summed E-state index contributed by atoms with van der Waals surface area (Å²) in [7, 11) is 0. The Morgan fingerprint density at radius 2 is 2.08 bits per heavy atom. The summed E-state index contributed by atoms with van der Waals surface area (Å²) in [6.45, 7) is 3.24. The van der Waals surface area contributed by atoms with Crippen LogP contribution in [0.25, 0.3) is 0 Å². The van der Waals surface area contributed by atoms with Crippen molar-refractivity contribution in [1.29, 1.82) is 0 Å². The molecule has 0 amide bonds. The highest BCUT2D eigenvalue weighted by Crippen LogP contribution is 2.14. The topological polar surface area (TPSA) is 36.6 Å². The normalized spacial score (nSPS) is 17.8. The van der Waals surface area contributed by atoms with Gasteiger partial charge in [0.05, 0.1) is 6.54 Å². The molecule has 0 radical (unpaired) electrons. The van der Waals surface area contributed by atoms with E-state index in [1.165, 1.54) is 19.5 Å². The van der Waals surface area contributed by atoms with E-state index < -0.39 is 0 Å². The van der Waals surface area contributed by atoms with Crippen molar-refractivity contribution in [2.45, 2.75) is 19.6 Å². The summed E-state index contributed by atoms with van der Waals surface area (Å²) in [5.74, 6) is 1.62. The average Bonchev–Trinajstić information content (AvgIpc) is 2.44. The van der Waals surface area contributed by atoms with Crippen LogP contribution in [0.1, 0.15) is 17.9 Å². The summed E-state index contributed by atoms with van der Waals surface area (Å²) in [4.78, 5) is 2.32. The van der Waals surface area contributed by atoms with Crippen LogP contribution >= 0.6 is 0 Å². The lowest BCUT2D eigenvalue weighted by atomic mass is 10.2. The smallest absolute Gasteiger partial charge is 0.129 e. The van der Waals surface area contributed by atoms with Crippen LogP contribution in [0.5, 0.6) is 0 Å². The number of rotatable bonds is 3. The summed E-state index contributed by atoms with van der Waals surface area (Å²) in [5.41, 5.74) is 0. The van der Waals surface area contributed by atoms with Crippen molar-refractivity contribution >= 4 is 0 Å². The van der Waals surface area contributed by atoms with Crippen molar-refractivity contribution < 1.29 is 9.52 Å². The minimum atomic E-state index is 0. The van der Waals surface area contributed by atoms with Gasteiger partial charge in [0, 0.05) is 0 Å². The molecule has 12 heavy (non-hydrogen) atoms. The van der Waals surface area contributed by atoms with Crippen LogP contribution in [0.15, 0.2) is 16.5 Å². The Bertz CT molecular complexity index is 253. The zero-order valence-corrected chi connectivity index (χ0v) is 6.99.